The van der Waals surface area contributed by atoms with Crippen LogP contribution in [0, 0.1) is 17.6 Å². The van der Waals surface area contributed by atoms with Crippen LogP contribution in [0.1, 0.15) is 24.0 Å². The van der Waals surface area contributed by atoms with E-state index in [1.165, 1.54) is 0 Å². The SMILES string of the molecule is O=C([C@@H](O)C1CC1)[C@]1(c2ccccc2)C=C(c2cc(F)ccc2F)CN1. The quantitative estimate of drug-likeness (QED) is 0.866. The van der Waals surface area contributed by atoms with Gasteiger partial charge in [-0.05, 0) is 54.2 Å². The molecule has 2 aromatic carbocycles. The fourth-order valence-electron chi connectivity index (χ4n) is 3.56. The van der Waals surface area contributed by atoms with E-state index in [9.17, 15) is 18.7 Å². The normalized spacial score (nSPS) is 23.6. The smallest absolute Gasteiger partial charge is 0.189 e. The highest BCUT2D eigenvalue weighted by molar-refractivity contribution is 5.98. The van der Waals surface area contributed by atoms with Gasteiger partial charge in [-0.3, -0.25) is 10.1 Å². The predicted octanol–water partition coefficient (Wildman–Crippen LogP) is 3.19. The lowest BCUT2D eigenvalue weighted by atomic mass is 9.82. The summed E-state index contributed by atoms with van der Waals surface area (Å²) < 4.78 is 27.8. The van der Waals surface area contributed by atoms with Crippen molar-refractivity contribution in [2.75, 3.05) is 6.54 Å². The predicted molar refractivity (Wildman–Crippen MR) is 94.2 cm³/mol. The summed E-state index contributed by atoms with van der Waals surface area (Å²) in [7, 11) is 0. The first kappa shape index (κ1) is 17.1. The maximum absolute atomic E-state index is 14.2. The summed E-state index contributed by atoms with van der Waals surface area (Å²) in [5.74, 6) is -1.45. The van der Waals surface area contributed by atoms with Crippen LogP contribution in [0.5, 0.6) is 0 Å². The van der Waals surface area contributed by atoms with Gasteiger partial charge in [0, 0.05) is 12.1 Å². The summed E-state index contributed by atoms with van der Waals surface area (Å²) in [5.41, 5.74) is 0.0693. The highest BCUT2D eigenvalue weighted by Gasteiger charge is 2.48. The van der Waals surface area contributed by atoms with Crippen molar-refractivity contribution in [3.05, 3.63) is 77.4 Å². The van der Waals surface area contributed by atoms with Gasteiger partial charge in [-0.15, -0.1) is 0 Å². The van der Waals surface area contributed by atoms with Crippen molar-refractivity contribution >= 4 is 11.4 Å². The Morgan fingerprint density at radius 3 is 2.58 bits per heavy atom. The molecule has 0 spiro atoms. The van der Waals surface area contributed by atoms with Crippen LogP contribution in [0.4, 0.5) is 8.78 Å². The third kappa shape index (κ3) is 2.87. The van der Waals surface area contributed by atoms with Crippen LogP contribution in [0.2, 0.25) is 0 Å². The number of halogens is 2. The van der Waals surface area contributed by atoms with Crippen molar-refractivity contribution in [2.24, 2.45) is 5.92 Å². The highest BCUT2D eigenvalue weighted by atomic mass is 19.1. The molecule has 2 atom stereocenters. The average Bonchev–Trinajstić information content (AvgIpc) is 3.42. The summed E-state index contributed by atoms with van der Waals surface area (Å²) in [5, 5.41) is 13.6. The van der Waals surface area contributed by atoms with E-state index in [1.807, 2.05) is 18.2 Å². The van der Waals surface area contributed by atoms with Crippen LogP contribution in [-0.4, -0.2) is 23.5 Å². The maximum Gasteiger partial charge on any atom is 0.189 e. The standard InChI is InChI=1S/C21H19F2NO2/c22-16-8-9-18(23)17(10-16)14-11-21(24-12-14,15-4-2-1-3-5-15)20(26)19(25)13-6-7-13/h1-5,8-11,13,19,24-25H,6-7,12H2/t19-,21+/m0/s1. The molecule has 1 aliphatic heterocycles. The lowest BCUT2D eigenvalue weighted by molar-refractivity contribution is -0.133. The zero-order chi connectivity index (χ0) is 18.3. The summed E-state index contributed by atoms with van der Waals surface area (Å²) >= 11 is 0. The largest absolute Gasteiger partial charge is 0.385 e. The first-order chi connectivity index (χ1) is 12.5. The van der Waals surface area contributed by atoms with Crippen molar-refractivity contribution in [1.82, 2.24) is 5.32 Å². The van der Waals surface area contributed by atoms with Crippen LogP contribution in [0.25, 0.3) is 5.57 Å². The monoisotopic (exact) mass is 355 g/mol. The topological polar surface area (TPSA) is 49.3 Å². The van der Waals surface area contributed by atoms with Crippen molar-refractivity contribution in [3.8, 4) is 0 Å². The van der Waals surface area contributed by atoms with Crippen LogP contribution in [0.3, 0.4) is 0 Å². The van der Waals surface area contributed by atoms with Crippen LogP contribution < -0.4 is 5.32 Å². The Bertz CT molecular complexity index is 877. The fourth-order valence-corrected chi connectivity index (χ4v) is 3.56. The minimum Gasteiger partial charge on any atom is -0.385 e. The molecular weight excluding hydrogens is 336 g/mol. The molecule has 0 radical (unpaired) electrons. The molecule has 1 aliphatic carbocycles. The molecule has 4 rings (SSSR count). The number of nitrogens with one attached hydrogen (secondary N) is 1. The summed E-state index contributed by atoms with van der Waals surface area (Å²) in [6.45, 7) is 0.207. The lowest BCUT2D eigenvalue weighted by Crippen LogP contribution is -2.50. The zero-order valence-electron chi connectivity index (χ0n) is 14.1. The van der Waals surface area contributed by atoms with Gasteiger partial charge in [0.1, 0.15) is 23.3 Å². The van der Waals surface area contributed by atoms with Gasteiger partial charge in [0.25, 0.3) is 0 Å². The summed E-state index contributed by atoms with van der Waals surface area (Å²) in [6, 6.07) is 12.3. The third-order valence-corrected chi connectivity index (χ3v) is 5.18. The Morgan fingerprint density at radius 2 is 1.88 bits per heavy atom. The van der Waals surface area contributed by atoms with Gasteiger partial charge in [0.15, 0.2) is 5.78 Å². The molecule has 0 saturated heterocycles. The number of aliphatic hydroxyl groups is 1. The zero-order valence-corrected chi connectivity index (χ0v) is 14.1. The van der Waals surface area contributed by atoms with Crippen LogP contribution in [-0.2, 0) is 10.3 Å². The molecule has 1 saturated carbocycles. The number of aliphatic hydroxyl groups excluding tert-OH is 1. The molecule has 0 amide bonds. The van der Waals surface area contributed by atoms with E-state index in [0.29, 0.717) is 11.1 Å². The Balaban J connectivity index is 1.81. The molecule has 0 bridgehead atoms. The highest BCUT2D eigenvalue weighted by Crippen LogP contribution is 2.40. The van der Waals surface area contributed by atoms with Crippen molar-refractivity contribution < 1.29 is 18.7 Å². The number of rotatable bonds is 5. The van der Waals surface area contributed by atoms with Gasteiger partial charge < -0.3 is 5.11 Å². The summed E-state index contributed by atoms with van der Waals surface area (Å²) in [6.07, 6.45) is 2.21. The molecule has 1 heterocycles. The lowest BCUT2D eigenvalue weighted by Gasteiger charge is -2.29. The van der Waals surface area contributed by atoms with Gasteiger partial charge >= 0.3 is 0 Å². The van der Waals surface area contributed by atoms with Gasteiger partial charge in [-0.25, -0.2) is 8.78 Å². The van der Waals surface area contributed by atoms with Crippen LogP contribution >= 0.6 is 0 Å². The van der Waals surface area contributed by atoms with Crippen LogP contribution in [0.15, 0.2) is 54.6 Å². The first-order valence-electron chi connectivity index (χ1n) is 8.71. The number of hydrogen-bond acceptors (Lipinski definition) is 3. The summed E-state index contributed by atoms with van der Waals surface area (Å²) in [4.78, 5) is 13.2. The van der Waals surface area contributed by atoms with Gasteiger partial charge in [0.05, 0.1) is 0 Å². The Hall–Kier alpha value is -2.37. The number of carbonyl (C=O) groups excluding carboxylic acids is 1. The number of carbonyl (C=O) groups is 1. The molecule has 0 aromatic heterocycles. The van der Waals surface area contributed by atoms with Gasteiger partial charge in [-0.1, -0.05) is 30.3 Å². The average molecular weight is 355 g/mol. The minimum absolute atomic E-state index is 0.0201. The van der Waals surface area contributed by atoms with E-state index in [-0.39, 0.29) is 23.8 Å². The van der Waals surface area contributed by atoms with E-state index in [0.717, 1.165) is 31.0 Å². The van der Waals surface area contributed by atoms with Gasteiger partial charge in [-0.2, -0.15) is 0 Å². The van der Waals surface area contributed by atoms with Crippen molar-refractivity contribution in [3.63, 3.8) is 0 Å². The Kier molecular flexibility index (Phi) is 4.21. The minimum atomic E-state index is -1.24. The van der Waals surface area contributed by atoms with Gasteiger partial charge in [0.2, 0.25) is 0 Å². The van der Waals surface area contributed by atoms with Crippen molar-refractivity contribution in [1.29, 1.82) is 0 Å². The molecule has 3 nitrogen and oxygen atoms in total. The Morgan fingerprint density at radius 1 is 1.15 bits per heavy atom. The van der Waals surface area contributed by atoms with Crippen molar-refractivity contribution in [2.45, 2.75) is 24.5 Å². The molecule has 2 aliphatic rings. The second-order valence-electron chi connectivity index (χ2n) is 6.97. The van der Waals surface area contributed by atoms with E-state index in [2.05, 4.69) is 5.32 Å². The van der Waals surface area contributed by atoms with E-state index < -0.39 is 23.3 Å². The molecule has 26 heavy (non-hydrogen) atoms. The molecule has 134 valence electrons. The van der Waals surface area contributed by atoms with E-state index >= 15 is 0 Å². The second kappa shape index (κ2) is 6.41. The molecular formula is C21H19F2NO2. The molecule has 0 unspecified atom stereocenters. The molecule has 5 heteroatoms. The molecule has 2 N–H and O–H groups in total. The fraction of sp³-hybridized carbons (Fsp3) is 0.286. The first-order valence-corrected chi connectivity index (χ1v) is 8.71. The molecule has 2 aromatic rings. The third-order valence-electron chi connectivity index (χ3n) is 5.18. The van der Waals surface area contributed by atoms with E-state index in [4.69, 9.17) is 0 Å². The number of hydrogen-bond donors (Lipinski definition) is 2. The maximum atomic E-state index is 14.2. The molecule has 1 fully saturated rings. The van der Waals surface area contributed by atoms with E-state index in [1.54, 1.807) is 18.2 Å². The number of benzene rings is 2. The number of Topliss-reactive ketones (excluding diaryl/α,β-unsaturated/α-hetero) is 1. The Labute approximate surface area is 150 Å². The second-order valence-corrected chi connectivity index (χ2v) is 6.97. The number of ketones is 1.